The van der Waals surface area contributed by atoms with E-state index in [1.165, 1.54) is 7.11 Å². The van der Waals surface area contributed by atoms with Gasteiger partial charge in [0, 0.05) is 19.2 Å². The van der Waals surface area contributed by atoms with Crippen molar-refractivity contribution >= 4 is 18.9 Å². The fourth-order valence-corrected chi connectivity index (χ4v) is 3.68. The summed E-state index contributed by atoms with van der Waals surface area (Å²) in [5, 5.41) is 5.71. The molecule has 2 N–H and O–H groups in total. The first-order valence-electron chi connectivity index (χ1n) is 12.1. The molecule has 9 nitrogen and oxygen atoms in total. The maximum atomic E-state index is 13.3. The van der Waals surface area contributed by atoms with Crippen LogP contribution >= 0.6 is 0 Å². The summed E-state index contributed by atoms with van der Waals surface area (Å²) < 4.78 is 23.5. The summed E-state index contributed by atoms with van der Waals surface area (Å²) in [6.07, 6.45) is 0.421. The van der Waals surface area contributed by atoms with Crippen LogP contribution in [0.15, 0.2) is 48.5 Å². The van der Waals surface area contributed by atoms with Gasteiger partial charge in [0.05, 0.1) is 30.4 Å². The Labute approximate surface area is 213 Å². The molecule has 0 bridgehead atoms. The number of hydrogen-bond acceptors (Lipinski definition) is 7. The van der Waals surface area contributed by atoms with Crippen molar-refractivity contribution in [2.75, 3.05) is 20.3 Å². The molecule has 1 fully saturated rings. The van der Waals surface area contributed by atoms with Crippen molar-refractivity contribution in [1.29, 1.82) is 0 Å². The molecule has 1 aromatic carbocycles. The molecule has 3 rings (SSSR count). The molecular formula is C26H36BN3O6. The van der Waals surface area contributed by atoms with E-state index in [0.717, 1.165) is 5.75 Å². The van der Waals surface area contributed by atoms with E-state index in [9.17, 15) is 9.59 Å². The molecule has 2 atom stereocenters. The van der Waals surface area contributed by atoms with Gasteiger partial charge in [-0.15, -0.1) is 0 Å². The van der Waals surface area contributed by atoms with Crippen LogP contribution in [0.25, 0.3) is 0 Å². The number of methoxy groups -OCH3 is 1. The van der Waals surface area contributed by atoms with E-state index in [-0.39, 0.29) is 12.3 Å². The lowest BCUT2D eigenvalue weighted by Gasteiger charge is -2.32. The fraction of sp³-hybridized carbons (Fsp3) is 0.500. The van der Waals surface area contributed by atoms with Crippen molar-refractivity contribution in [2.45, 2.75) is 64.2 Å². The summed E-state index contributed by atoms with van der Waals surface area (Å²) in [6.45, 7) is 9.92. The van der Waals surface area contributed by atoms with E-state index in [2.05, 4.69) is 15.6 Å². The Morgan fingerprint density at radius 3 is 2.28 bits per heavy atom. The molecule has 194 valence electrons. The quantitative estimate of drug-likeness (QED) is 0.460. The topological polar surface area (TPSA) is 108 Å². The van der Waals surface area contributed by atoms with Crippen molar-refractivity contribution in [3.8, 4) is 5.75 Å². The van der Waals surface area contributed by atoms with Crippen LogP contribution in [0.1, 0.15) is 50.3 Å². The van der Waals surface area contributed by atoms with Crippen LogP contribution < -0.4 is 15.4 Å². The van der Waals surface area contributed by atoms with Crippen molar-refractivity contribution in [2.24, 2.45) is 0 Å². The van der Waals surface area contributed by atoms with Crippen LogP contribution in [0.2, 0.25) is 0 Å². The number of ether oxygens (including phenoxy) is 2. The third kappa shape index (κ3) is 7.06. The number of benzene rings is 1. The van der Waals surface area contributed by atoms with Gasteiger partial charge in [-0.25, -0.2) is 4.98 Å². The minimum atomic E-state index is -0.940. The Kier molecular flexibility index (Phi) is 9.11. The van der Waals surface area contributed by atoms with E-state index in [1.54, 1.807) is 25.1 Å². The Balaban J connectivity index is 1.72. The number of amides is 2. The molecule has 2 aromatic rings. The zero-order valence-electron chi connectivity index (χ0n) is 21.9. The second kappa shape index (κ2) is 11.9. The number of aryl methyl sites for hydroxylation is 1. The zero-order chi connectivity index (χ0) is 26.3. The predicted molar refractivity (Wildman–Crippen MR) is 137 cm³/mol. The number of nitrogens with one attached hydrogen (secondary N) is 2. The molecule has 10 heteroatoms. The smallest absolute Gasteiger partial charge is 0.481 e. The number of aromatic nitrogens is 1. The molecule has 0 radical (unpaired) electrons. The number of hydrogen-bond donors (Lipinski definition) is 2. The molecule has 1 unspecified atom stereocenters. The minimum absolute atomic E-state index is 0.0139. The van der Waals surface area contributed by atoms with Crippen molar-refractivity contribution in [1.82, 2.24) is 15.6 Å². The van der Waals surface area contributed by atoms with E-state index in [4.69, 9.17) is 18.8 Å². The van der Waals surface area contributed by atoms with Gasteiger partial charge < -0.3 is 29.4 Å². The minimum Gasteiger partial charge on any atom is -0.494 e. The molecule has 0 aliphatic carbocycles. The number of para-hydroxylation sites is 1. The second-order valence-electron chi connectivity index (χ2n) is 9.84. The van der Waals surface area contributed by atoms with Crippen LogP contribution in [-0.4, -0.2) is 67.4 Å². The molecule has 2 heterocycles. The largest absolute Gasteiger partial charge is 0.494 e. The van der Waals surface area contributed by atoms with Crippen LogP contribution in [0.5, 0.6) is 5.75 Å². The van der Waals surface area contributed by atoms with E-state index < -0.39 is 42.1 Å². The first kappa shape index (κ1) is 27.6. The first-order valence-corrected chi connectivity index (χ1v) is 12.1. The van der Waals surface area contributed by atoms with Crippen LogP contribution in [0, 0.1) is 6.92 Å². The third-order valence-electron chi connectivity index (χ3n) is 6.44. The predicted octanol–water partition coefficient (Wildman–Crippen LogP) is 2.72. The average Bonchev–Trinajstić information content (AvgIpc) is 3.05. The maximum Gasteiger partial charge on any atom is 0.481 e. The Morgan fingerprint density at radius 1 is 1.00 bits per heavy atom. The number of carbonyl (C=O) groups is 2. The number of carbonyl (C=O) groups excluding carboxylic acids is 2. The van der Waals surface area contributed by atoms with Crippen molar-refractivity contribution in [3.05, 3.63) is 59.9 Å². The average molecular weight is 497 g/mol. The number of pyridine rings is 1. The van der Waals surface area contributed by atoms with Gasteiger partial charge in [-0.1, -0.05) is 24.3 Å². The lowest BCUT2D eigenvalue weighted by Crippen LogP contribution is -2.56. The number of rotatable bonds is 11. The molecule has 2 amide bonds. The summed E-state index contributed by atoms with van der Waals surface area (Å²) in [4.78, 5) is 30.3. The molecule has 1 aromatic heterocycles. The van der Waals surface area contributed by atoms with Gasteiger partial charge in [0.2, 0.25) is 5.91 Å². The molecule has 1 saturated heterocycles. The van der Waals surface area contributed by atoms with Crippen molar-refractivity contribution < 1.29 is 28.4 Å². The monoisotopic (exact) mass is 497 g/mol. The van der Waals surface area contributed by atoms with Gasteiger partial charge in [-0.2, -0.15) is 0 Å². The molecule has 0 saturated carbocycles. The highest BCUT2D eigenvalue weighted by Gasteiger charge is 2.54. The summed E-state index contributed by atoms with van der Waals surface area (Å²) in [5.74, 6) is -0.685. The maximum absolute atomic E-state index is 13.3. The summed E-state index contributed by atoms with van der Waals surface area (Å²) >= 11 is 0. The normalized spacial score (nSPS) is 17.8. The van der Waals surface area contributed by atoms with E-state index in [1.807, 2.05) is 58.0 Å². The lowest BCUT2D eigenvalue weighted by atomic mass is 9.76. The van der Waals surface area contributed by atoms with E-state index in [0.29, 0.717) is 18.7 Å². The van der Waals surface area contributed by atoms with Crippen LogP contribution in [0.3, 0.4) is 0 Å². The summed E-state index contributed by atoms with van der Waals surface area (Å²) in [6, 6.07) is 13.6. The molecule has 0 spiro atoms. The second-order valence-corrected chi connectivity index (χ2v) is 9.84. The first-order chi connectivity index (χ1) is 17.0. The molecular weight excluding hydrogens is 461 g/mol. The Hall–Kier alpha value is -2.95. The van der Waals surface area contributed by atoms with Gasteiger partial charge in [-0.3, -0.25) is 9.59 Å². The Morgan fingerprint density at radius 2 is 1.67 bits per heavy atom. The highest BCUT2D eigenvalue weighted by Crippen LogP contribution is 2.37. The fourth-order valence-electron chi connectivity index (χ4n) is 3.68. The molecule has 36 heavy (non-hydrogen) atoms. The van der Waals surface area contributed by atoms with Gasteiger partial charge in [-0.05, 0) is 58.9 Å². The summed E-state index contributed by atoms with van der Waals surface area (Å²) in [5.41, 5.74) is -0.215. The lowest BCUT2D eigenvalue weighted by molar-refractivity contribution is -0.124. The van der Waals surface area contributed by atoms with Gasteiger partial charge >= 0.3 is 7.12 Å². The highest BCUT2D eigenvalue weighted by molar-refractivity contribution is 6.48. The van der Waals surface area contributed by atoms with Gasteiger partial charge in [0.1, 0.15) is 17.5 Å². The zero-order valence-corrected chi connectivity index (χ0v) is 21.9. The van der Waals surface area contributed by atoms with Crippen molar-refractivity contribution in [3.63, 3.8) is 0 Å². The number of nitrogens with zero attached hydrogens (tertiary/aromatic N) is 1. The Bertz CT molecular complexity index is 1020. The molecule has 1 aliphatic rings. The SMILES string of the molecule is COCC(NC(=O)c1cccc(C)n1)C(=O)N[C@@H](CCOc1ccccc1)B1OC(C)(C)C(C)(C)O1. The van der Waals surface area contributed by atoms with Gasteiger partial charge in [0.15, 0.2) is 0 Å². The third-order valence-corrected chi connectivity index (χ3v) is 6.44. The summed E-state index contributed by atoms with van der Waals surface area (Å²) in [7, 11) is 0.771. The van der Waals surface area contributed by atoms with E-state index >= 15 is 0 Å². The highest BCUT2D eigenvalue weighted by atomic mass is 16.7. The standard InChI is InChI=1S/C26H36BN3O6/c1-18-11-10-14-20(28-18)23(31)29-21(17-33-6)24(32)30-22(15-16-34-19-12-8-7-9-13-19)27-35-25(2,3)26(4,5)36-27/h7-14,21-22H,15-17H2,1-6H3,(H,29,31)(H,30,32)/t21?,22-/m0/s1. The van der Waals surface area contributed by atoms with Crippen LogP contribution in [-0.2, 0) is 18.8 Å². The van der Waals surface area contributed by atoms with Gasteiger partial charge in [0.25, 0.3) is 5.91 Å². The molecule has 1 aliphatic heterocycles. The van der Waals surface area contributed by atoms with Crippen LogP contribution in [0.4, 0.5) is 0 Å².